The van der Waals surface area contributed by atoms with E-state index in [2.05, 4.69) is 0 Å². The Bertz CT molecular complexity index is 374. The summed E-state index contributed by atoms with van der Waals surface area (Å²) in [6, 6.07) is 9.90. The molecule has 1 N–H and O–H groups in total. The Morgan fingerprint density at radius 2 is 1.94 bits per heavy atom. The molecule has 1 aliphatic heterocycles. The molecular formula is C14H19NO3. The van der Waals surface area contributed by atoms with Gasteiger partial charge >= 0.3 is 0 Å². The summed E-state index contributed by atoms with van der Waals surface area (Å²) in [4.78, 5) is 13.6. The zero-order chi connectivity index (χ0) is 12.8. The fraction of sp³-hybridized carbons (Fsp3) is 0.500. The van der Waals surface area contributed by atoms with Crippen LogP contribution in [0.3, 0.4) is 0 Å². The maximum Gasteiger partial charge on any atom is 0.251 e. The second-order valence-electron chi connectivity index (χ2n) is 4.48. The number of rotatable bonds is 4. The lowest BCUT2D eigenvalue weighted by molar-refractivity contribution is -0.144. The Hall–Kier alpha value is -1.39. The topological polar surface area (TPSA) is 49.8 Å². The first-order chi connectivity index (χ1) is 8.77. The molecule has 0 radical (unpaired) electrons. The number of amides is 1. The molecule has 1 aliphatic rings. The van der Waals surface area contributed by atoms with E-state index in [4.69, 9.17) is 4.74 Å². The summed E-state index contributed by atoms with van der Waals surface area (Å²) < 4.78 is 5.18. The van der Waals surface area contributed by atoms with Crippen LogP contribution in [0.5, 0.6) is 0 Å². The van der Waals surface area contributed by atoms with Gasteiger partial charge in [0.2, 0.25) is 0 Å². The number of benzene rings is 1. The first-order valence-corrected chi connectivity index (χ1v) is 6.36. The monoisotopic (exact) mass is 249 g/mol. The maximum atomic E-state index is 11.9. The molecule has 0 unspecified atom stereocenters. The number of nitrogens with zero attached hydrogens (tertiary/aromatic N) is 1. The van der Waals surface area contributed by atoms with Gasteiger partial charge in [-0.25, -0.2) is 0 Å². The van der Waals surface area contributed by atoms with Crippen LogP contribution in [0.15, 0.2) is 30.3 Å². The molecule has 1 aromatic rings. The number of aryl methyl sites for hydroxylation is 1. The third kappa shape index (κ3) is 3.55. The van der Waals surface area contributed by atoms with Crippen molar-refractivity contribution in [3.8, 4) is 0 Å². The molecule has 1 heterocycles. The molecule has 0 saturated carbocycles. The molecule has 0 bridgehead atoms. The van der Waals surface area contributed by atoms with Gasteiger partial charge in [0.15, 0.2) is 0 Å². The van der Waals surface area contributed by atoms with Crippen LogP contribution in [0.25, 0.3) is 0 Å². The van der Waals surface area contributed by atoms with Gasteiger partial charge in [0, 0.05) is 13.1 Å². The zero-order valence-corrected chi connectivity index (χ0v) is 10.4. The Kier molecular flexibility index (Phi) is 4.73. The Morgan fingerprint density at radius 3 is 2.61 bits per heavy atom. The van der Waals surface area contributed by atoms with Gasteiger partial charge in [-0.2, -0.15) is 0 Å². The third-order valence-corrected chi connectivity index (χ3v) is 3.16. The van der Waals surface area contributed by atoms with Crippen molar-refractivity contribution in [1.82, 2.24) is 4.90 Å². The summed E-state index contributed by atoms with van der Waals surface area (Å²) in [6.45, 7) is 2.30. The number of carbonyl (C=O) groups is 1. The van der Waals surface area contributed by atoms with Crippen molar-refractivity contribution < 1.29 is 14.6 Å². The van der Waals surface area contributed by atoms with Gasteiger partial charge in [-0.3, -0.25) is 4.79 Å². The van der Waals surface area contributed by atoms with Crippen molar-refractivity contribution in [3.05, 3.63) is 35.9 Å². The fourth-order valence-corrected chi connectivity index (χ4v) is 2.07. The lowest BCUT2D eigenvalue weighted by Crippen LogP contribution is -2.45. The molecule has 1 aromatic carbocycles. The number of hydrogen-bond donors (Lipinski definition) is 1. The number of hydrogen-bond acceptors (Lipinski definition) is 3. The summed E-state index contributed by atoms with van der Waals surface area (Å²) in [5.74, 6) is -0.172. The number of aliphatic hydroxyl groups excluding tert-OH is 1. The highest BCUT2D eigenvalue weighted by atomic mass is 16.5. The van der Waals surface area contributed by atoms with Gasteiger partial charge in [-0.15, -0.1) is 0 Å². The molecule has 98 valence electrons. The first kappa shape index (κ1) is 13.1. The predicted molar refractivity (Wildman–Crippen MR) is 68.2 cm³/mol. The minimum atomic E-state index is -0.900. The van der Waals surface area contributed by atoms with Gasteiger partial charge in [-0.05, 0) is 18.4 Å². The number of morpholine rings is 1. The SMILES string of the molecule is O=C([C@@H](O)CCc1ccccc1)N1CCOCC1. The summed E-state index contributed by atoms with van der Waals surface area (Å²) in [7, 11) is 0. The first-order valence-electron chi connectivity index (χ1n) is 6.36. The van der Waals surface area contributed by atoms with Gasteiger partial charge in [0.25, 0.3) is 5.91 Å². The Balaban J connectivity index is 1.80. The van der Waals surface area contributed by atoms with E-state index >= 15 is 0 Å². The van der Waals surface area contributed by atoms with Gasteiger partial charge in [0.05, 0.1) is 13.2 Å². The van der Waals surface area contributed by atoms with Crippen molar-refractivity contribution in [1.29, 1.82) is 0 Å². The molecule has 1 saturated heterocycles. The fourth-order valence-electron chi connectivity index (χ4n) is 2.07. The zero-order valence-electron chi connectivity index (χ0n) is 10.4. The van der Waals surface area contributed by atoms with E-state index in [9.17, 15) is 9.90 Å². The molecular weight excluding hydrogens is 230 g/mol. The third-order valence-electron chi connectivity index (χ3n) is 3.16. The smallest absolute Gasteiger partial charge is 0.251 e. The normalized spacial score (nSPS) is 17.5. The summed E-state index contributed by atoms with van der Waals surface area (Å²) >= 11 is 0. The maximum absolute atomic E-state index is 11.9. The van der Waals surface area contributed by atoms with E-state index in [0.717, 1.165) is 12.0 Å². The molecule has 4 nitrogen and oxygen atoms in total. The van der Waals surface area contributed by atoms with E-state index in [0.29, 0.717) is 32.7 Å². The highest BCUT2D eigenvalue weighted by Crippen LogP contribution is 2.08. The second-order valence-corrected chi connectivity index (χ2v) is 4.48. The van der Waals surface area contributed by atoms with E-state index in [-0.39, 0.29) is 5.91 Å². The number of carbonyl (C=O) groups excluding carboxylic acids is 1. The van der Waals surface area contributed by atoms with Gasteiger partial charge in [-0.1, -0.05) is 30.3 Å². The average molecular weight is 249 g/mol. The molecule has 4 heteroatoms. The minimum Gasteiger partial charge on any atom is -0.383 e. The highest BCUT2D eigenvalue weighted by Gasteiger charge is 2.23. The van der Waals surface area contributed by atoms with Crippen LogP contribution in [0.4, 0.5) is 0 Å². The lowest BCUT2D eigenvalue weighted by Gasteiger charge is -2.28. The highest BCUT2D eigenvalue weighted by molar-refractivity contribution is 5.80. The molecule has 18 heavy (non-hydrogen) atoms. The molecule has 1 atom stereocenters. The van der Waals surface area contributed by atoms with Crippen molar-refractivity contribution in [2.75, 3.05) is 26.3 Å². The van der Waals surface area contributed by atoms with Crippen LogP contribution in [0.2, 0.25) is 0 Å². The van der Waals surface area contributed by atoms with Crippen LogP contribution in [-0.2, 0) is 16.0 Å². The standard InChI is InChI=1S/C14H19NO3/c16-13(7-6-12-4-2-1-3-5-12)14(17)15-8-10-18-11-9-15/h1-5,13,16H,6-11H2/t13-/m0/s1. The molecule has 1 fully saturated rings. The Labute approximate surface area is 107 Å². The molecule has 1 amide bonds. The molecule has 0 spiro atoms. The molecule has 0 aliphatic carbocycles. The molecule has 2 rings (SSSR count). The Morgan fingerprint density at radius 1 is 1.28 bits per heavy atom. The van der Waals surface area contributed by atoms with Crippen molar-refractivity contribution >= 4 is 5.91 Å². The predicted octanol–water partition coefficient (Wildman–Crippen LogP) is 0.839. The van der Waals surface area contributed by atoms with E-state index in [1.54, 1.807) is 4.90 Å². The van der Waals surface area contributed by atoms with Gasteiger partial charge in [0.1, 0.15) is 6.10 Å². The van der Waals surface area contributed by atoms with Crippen molar-refractivity contribution in [2.24, 2.45) is 0 Å². The average Bonchev–Trinajstić information content (AvgIpc) is 2.46. The van der Waals surface area contributed by atoms with E-state index in [1.807, 2.05) is 30.3 Å². The van der Waals surface area contributed by atoms with Crippen molar-refractivity contribution in [2.45, 2.75) is 18.9 Å². The van der Waals surface area contributed by atoms with E-state index in [1.165, 1.54) is 0 Å². The lowest BCUT2D eigenvalue weighted by atomic mass is 10.1. The van der Waals surface area contributed by atoms with Crippen LogP contribution < -0.4 is 0 Å². The van der Waals surface area contributed by atoms with Crippen LogP contribution in [0.1, 0.15) is 12.0 Å². The number of aliphatic hydroxyl groups is 1. The van der Waals surface area contributed by atoms with Crippen LogP contribution in [-0.4, -0.2) is 48.3 Å². The van der Waals surface area contributed by atoms with Crippen LogP contribution >= 0.6 is 0 Å². The molecule has 0 aromatic heterocycles. The quantitative estimate of drug-likeness (QED) is 0.860. The largest absolute Gasteiger partial charge is 0.383 e. The van der Waals surface area contributed by atoms with Crippen molar-refractivity contribution in [3.63, 3.8) is 0 Å². The number of ether oxygens (including phenoxy) is 1. The van der Waals surface area contributed by atoms with Gasteiger partial charge < -0.3 is 14.7 Å². The minimum absolute atomic E-state index is 0.172. The summed E-state index contributed by atoms with van der Waals surface area (Å²) in [6.07, 6.45) is 0.293. The second kappa shape index (κ2) is 6.52. The van der Waals surface area contributed by atoms with Crippen LogP contribution in [0, 0.1) is 0 Å². The summed E-state index contributed by atoms with van der Waals surface area (Å²) in [5.41, 5.74) is 1.14. The van der Waals surface area contributed by atoms with E-state index < -0.39 is 6.10 Å². The summed E-state index contributed by atoms with van der Waals surface area (Å²) in [5, 5.41) is 9.90.